The van der Waals surface area contributed by atoms with Gasteiger partial charge in [0.2, 0.25) is 0 Å². The van der Waals surface area contributed by atoms with Crippen LogP contribution in [-0.4, -0.2) is 30.7 Å². The van der Waals surface area contributed by atoms with Gasteiger partial charge in [0.25, 0.3) is 0 Å². The van der Waals surface area contributed by atoms with E-state index in [1.54, 1.807) is 0 Å². The van der Waals surface area contributed by atoms with Crippen molar-refractivity contribution >= 4 is 26.7 Å². The molecule has 1 aliphatic heterocycles. The van der Waals surface area contributed by atoms with Crippen molar-refractivity contribution < 1.29 is 17.6 Å². The molecule has 8 heteroatoms. The summed E-state index contributed by atoms with van der Waals surface area (Å²) in [5.41, 5.74) is -0.968. The van der Waals surface area contributed by atoms with Crippen LogP contribution in [0.2, 0.25) is 0 Å². The number of nitrogens with one attached hydrogen (secondary N) is 1. The van der Waals surface area contributed by atoms with Gasteiger partial charge in [0.05, 0.1) is 15.8 Å². The summed E-state index contributed by atoms with van der Waals surface area (Å²) in [5, 5.41) is 3.87. The molecular weight excluding hydrogens is 306 g/mol. The first kappa shape index (κ1) is 14.5. The molecule has 1 aromatic heterocycles. The van der Waals surface area contributed by atoms with Gasteiger partial charge in [0.1, 0.15) is 5.82 Å². The fourth-order valence-corrected chi connectivity index (χ4v) is 3.52. The zero-order chi connectivity index (χ0) is 15.2. The Balaban J connectivity index is 2.04. The maximum Gasteiger partial charge on any atom is 0.419 e. The summed E-state index contributed by atoms with van der Waals surface area (Å²) in [5.74, 6) is -1.28. The lowest BCUT2D eigenvalue weighted by Crippen LogP contribution is -2.49. The van der Waals surface area contributed by atoms with Crippen LogP contribution in [0.25, 0.3) is 10.2 Å². The van der Waals surface area contributed by atoms with E-state index < -0.39 is 17.6 Å². The number of fused-ring (bicyclic) bond motifs is 1. The van der Waals surface area contributed by atoms with Crippen LogP contribution in [-0.2, 0) is 6.18 Å². The van der Waals surface area contributed by atoms with Crippen molar-refractivity contribution in [3.05, 3.63) is 23.5 Å². The van der Waals surface area contributed by atoms with Crippen molar-refractivity contribution in [2.75, 3.05) is 24.5 Å². The molecule has 0 aliphatic carbocycles. The largest absolute Gasteiger partial charge is 0.419 e. The molecule has 0 radical (unpaired) electrons. The molecule has 1 aliphatic rings. The number of nitrogens with zero attached hydrogens (tertiary/aromatic N) is 2. The van der Waals surface area contributed by atoms with Gasteiger partial charge in [-0.3, -0.25) is 0 Å². The third kappa shape index (κ3) is 2.69. The molecule has 0 saturated carbocycles. The Hall–Kier alpha value is -1.41. The van der Waals surface area contributed by atoms with E-state index in [1.807, 2.05) is 11.8 Å². The van der Waals surface area contributed by atoms with Gasteiger partial charge in [-0.05, 0) is 13.0 Å². The van der Waals surface area contributed by atoms with E-state index in [4.69, 9.17) is 0 Å². The second kappa shape index (κ2) is 5.10. The molecule has 21 heavy (non-hydrogen) atoms. The second-order valence-electron chi connectivity index (χ2n) is 5.04. The van der Waals surface area contributed by atoms with Crippen LogP contribution >= 0.6 is 11.3 Å². The third-order valence-corrected chi connectivity index (χ3v) is 4.57. The first-order valence-corrected chi connectivity index (χ1v) is 7.32. The van der Waals surface area contributed by atoms with Gasteiger partial charge in [-0.25, -0.2) is 9.37 Å². The number of hydrogen-bond acceptors (Lipinski definition) is 4. The first-order chi connectivity index (χ1) is 9.86. The summed E-state index contributed by atoms with van der Waals surface area (Å²) in [4.78, 5) is 6.31. The highest BCUT2D eigenvalue weighted by Gasteiger charge is 2.35. The summed E-state index contributed by atoms with van der Waals surface area (Å²) < 4.78 is 52.1. The van der Waals surface area contributed by atoms with E-state index in [1.165, 1.54) is 11.3 Å². The number of piperazine rings is 1. The predicted molar refractivity (Wildman–Crippen MR) is 74.3 cm³/mol. The molecule has 1 aromatic carbocycles. The smallest absolute Gasteiger partial charge is 0.343 e. The van der Waals surface area contributed by atoms with Gasteiger partial charge in [0, 0.05) is 31.7 Å². The monoisotopic (exact) mass is 319 g/mol. The van der Waals surface area contributed by atoms with Crippen LogP contribution in [0.3, 0.4) is 0 Å². The van der Waals surface area contributed by atoms with Gasteiger partial charge < -0.3 is 10.2 Å². The number of anilines is 1. The fraction of sp³-hybridized carbons (Fsp3) is 0.462. The Morgan fingerprint density at radius 2 is 2.14 bits per heavy atom. The second-order valence-corrected chi connectivity index (χ2v) is 6.05. The van der Waals surface area contributed by atoms with E-state index >= 15 is 0 Å². The molecule has 3 rings (SSSR count). The van der Waals surface area contributed by atoms with E-state index in [-0.39, 0.29) is 11.6 Å². The Labute approximate surface area is 122 Å². The number of benzene rings is 1. The van der Waals surface area contributed by atoms with E-state index in [9.17, 15) is 17.6 Å². The van der Waals surface area contributed by atoms with Crippen molar-refractivity contribution in [1.82, 2.24) is 10.3 Å². The minimum atomic E-state index is -4.69. The van der Waals surface area contributed by atoms with Crippen LogP contribution in [0.4, 0.5) is 22.7 Å². The highest BCUT2D eigenvalue weighted by Crippen LogP contribution is 2.37. The minimum Gasteiger partial charge on any atom is -0.343 e. The summed E-state index contributed by atoms with van der Waals surface area (Å²) in [6.07, 6.45) is -4.69. The molecule has 1 unspecified atom stereocenters. The van der Waals surface area contributed by atoms with E-state index in [0.29, 0.717) is 9.83 Å². The number of alkyl halides is 3. The Kier molecular flexibility index (Phi) is 3.53. The Morgan fingerprint density at radius 3 is 2.81 bits per heavy atom. The highest BCUT2D eigenvalue weighted by molar-refractivity contribution is 7.22. The van der Waals surface area contributed by atoms with E-state index in [0.717, 1.165) is 31.8 Å². The quantitative estimate of drug-likeness (QED) is 0.818. The van der Waals surface area contributed by atoms with Crippen LogP contribution in [0, 0.1) is 5.82 Å². The van der Waals surface area contributed by atoms with Gasteiger partial charge in [-0.2, -0.15) is 13.2 Å². The number of halogens is 4. The van der Waals surface area contributed by atoms with E-state index in [2.05, 4.69) is 10.3 Å². The number of hydrogen-bond donors (Lipinski definition) is 1. The topological polar surface area (TPSA) is 28.2 Å². The molecule has 0 amide bonds. The molecular formula is C13H13F4N3S. The van der Waals surface area contributed by atoms with Gasteiger partial charge >= 0.3 is 6.18 Å². The van der Waals surface area contributed by atoms with Crippen LogP contribution in [0.5, 0.6) is 0 Å². The van der Waals surface area contributed by atoms with Gasteiger partial charge in [0.15, 0.2) is 5.13 Å². The van der Waals surface area contributed by atoms with Crippen molar-refractivity contribution in [1.29, 1.82) is 0 Å². The normalized spacial score (nSPS) is 20.2. The molecule has 1 N–H and O–H groups in total. The summed E-state index contributed by atoms with van der Waals surface area (Å²) >= 11 is 1.17. The Bertz CT molecular complexity index is 667. The minimum absolute atomic E-state index is 0.200. The SMILES string of the molecule is CC1CNCCN1c1nc2cc(F)c(C(F)(F)F)cc2s1. The average molecular weight is 319 g/mol. The van der Waals surface area contributed by atoms with Crippen LogP contribution in [0.1, 0.15) is 12.5 Å². The van der Waals surface area contributed by atoms with Crippen molar-refractivity contribution in [3.63, 3.8) is 0 Å². The molecule has 1 saturated heterocycles. The summed E-state index contributed by atoms with van der Waals surface area (Å²) in [7, 11) is 0. The number of aromatic nitrogens is 1. The van der Waals surface area contributed by atoms with Gasteiger partial charge in [-0.1, -0.05) is 11.3 Å². The molecule has 2 heterocycles. The van der Waals surface area contributed by atoms with Crippen molar-refractivity contribution in [3.8, 4) is 0 Å². The third-order valence-electron chi connectivity index (χ3n) is 3.52. The standard InChI is InChI=1S/C13H13F4N3S/c1-7-6-18-2-3-20(7)12-19-10-5-9(14)8(13(15,16)17)4-11(10)21-12/h4-5,7,18H,2-3,6H2,1H3. The molecule has 3 nitrogen and oxygen atoms in total. The number of rotatable bonds is 1. The first-order valence-electron chi connectivity index (χ1n) is 6.51. The lowest BCUT2D eigenvalue weighted by molar-refractivity contribution is -0.139. The lowest BCUT2D eigenvalue weighted by Gasteiger charge is -2.33. The average Bonchev–Trinajstić information content (AvgIpc) is 2.79. The Morgan fingerprint density at radius 1 is 1.38 bits per heavy atom. The molecule has 1 fully saturated rings. The predicted octanol–water partition coefficient (Wildman–Crippen LogP) is 3.25. The number of thiazole rings is 1. The van der Waals surface area contributed by atoms with Gasteiger partial charge in [-0.15, -0.1) is 0 Å². The summed E-state index contributed by atoms with van der Waals surface area (Å²) in [6, 6.07) is 1.91. The summed E-state index contributed by atoms with van der Waals surface area (Å²) in [6.45, 7) is 4.33. The maximum absolute atomic E-state index is 13.6. The maximum atomic E-state index is 13.6. The van der Waals surface area contributed by atoms with Crippen molar-refractivity contribution in [2.45, 2.75) is 19.1 Å². The highest BCUT2D eigenvalue weighted by atomic mass is 32.1. The van der Waals surface area contributed by atoms with Crippen LogP contribution in [0.15, 0.2) is 12.1 Å². The fourth-order valence-electron chi connectivity index (χ4n) is 2.40. The van der Waals surface area contributed by atoms with Crippen molar-refractivity contribution in [2.24, 2.45) is 0 Å². The zero-order valence-electron chi connectivity index (χ0n) is 11.2. The molecule has 0 bridgehead atoms. The molecule has 114 valence electrons. The van der Waals surface area contributed by atoms with Crippen LogP contribution < -0.4 is 10.2 Å². The molecule has 2 aromatic rings. The molecule has 1 atom stereocenters. The molecule has 0 spiro atoms. The lowest BCUT2D eigenvalue weighted by atomic mass is 10.2. The zero-order valence-corrected chi connectivity index (χ0v) is 12.0.